The normalized spacial score (nSPS) is 21.9. The Labute approximate surface area is 124 Å². The van der Waals surface area contributed by atoms with E-state index in [1.807, 2.05) is 12.1 Å². The largest absolute Gasteiger partial charge is 0.354 e. The quantitative estimate of drug-likeness (QED) is 0.751. The molecule has 0 radical (unpaired) electrons. The minimum absolute atomic E-state index is 0.0627. The van der Waals surface area contributed by atoms with Gasteiger partial charge in [-0.1, -0.05) is 12.1 Å². The molecule has 5 nitrogen and oxygen atoms in total. The van der Waals surface area contributed by atoms with Crippen LogP contribution in [-0.2, 0) is 17.8 Å². The van der Waals surface area contributed by atoms with Crippen LogP contribution in [-0.4, -0.2) is 30.9 Å². The smallest absolute Gasteiger partial charge is 0.252 e. The standard InChI is InChI=1S/C16H21N3O2/c20-15(19-14-6-1-2-8-18-16(14)21)13-5-3-4-11-10-17-9-7-12(11)13/h3-5,14,17H,1-2,6-10H2,(H,18,21)(H,19,20). The van der Waals surface area contributed by atoms with Gasteiger partial charge in [0.25, 0.3) is 5.91 Å². The zero-order chi connectivity index (χ0) is 14.7. The van der Waals surface area contributed by atoms with E-state index < -0.39 is 6.04 Å². The lowest BCUT2D eigenvalue weighted by Gasteiger charge is -2.21. The van der Waals surface area contributed by atoms with Crippen molar-refractivity contribution in [2.45, 2.75) is 38.3 Å². The fourth-order valence-electron chi connectivity index (χ4n) is 3.06. The highest BCUT2D eigenvalue weighted by atomic mass is 16.2. The van der Waals surface area contributed by atoms with E-state index in [1.165, 1.54) is 5.56 Å². The average Bonchev–Trinajstić information content (AvgIpc) is 2.71. The maximum Gasteiger partial charge on any atom is 0.252 e. The second-order valence-corrected chi connectivity index (χ2v) is 5.68. The molecule has 0 aliphatic carbocycles. The number of hydrogen-bond donors (Lipinski definition) is 3. The third-order valence-electron chi connectivity index (χ3n) is 4.23. The molecule has 112 valence electrons. The van der Waals surface area contributed by atoms with Crippen LogP contribution in [0.5, 0.6) is 0 Å². The van der Waals surface area contributed by atoms with Crippen LogP contribution in [0.15, 0.2) is 18.2 Å². The van der Waals surface area contributed by atoms with Crippen molar-refractivity contribution in [3.8, 4) is 0 Å². The first-order valence-corrected chi connectivity index (χ1v) is 7.66. The fraction of sp³-hybridized carbons (Fsp3) is 0.500. The van der Waals surface area contributed by atoms with E-state index in [0.717, 1.165) is 37.9 Å². The molecule has 21 heavy (non-hydrogen) atoms. The van der Waals surface area contributed by atoms with Gasteiger partial charge in [-0.25, -0.2) is 0 Å². The Morgan fingerprint density at radius 1 is 1.24 bits per heavy atom. The van der Waals surface area contributed by atoms with Gasteiger partial charge in [-0.05, 0) is 49.4 Å². The van der Waals surface area contributed by atoms with Gasteiger partial charge >= 0.3 is 0 Å². The molecule has 0 saturated carbocycles. The summed E-state index contributed by atoms with van der Waals surface area (Å²) in [6.07, 6.45) is 3.51. The van der Waals surface area contributed by atoms with Crippen LogP contribution in [0.25, 0.3) is 0 Å². The predicted octanol–water partition coefficient (Wildman–Crippen LogP) is 0.731. The first kappa shape index (κ1) is 14.1. The molecule has 0 bridgehead atoms. The van der Waals surface area contributed by atoms with Gasteiger partial charge in [-0.3, -0.25) is 9.59 Å². The molecular weight excluding hydrogens is 266 g/mol. The zero-order valence-electron chi connectivity index (χ0n) is 12.1. The van der Waals surface area contributed by atoms with Crippen LogP contribution >= 0.6 is 0 Å². The number of carbonyl (C=O) groups is 2. The Bertz CT molecular complexity index is 556. The Balaban J connectivity index is 1.77. The molecule has 1 saturated heterocycles. The van der Waals surface area contributed by atoms with Gasteiger partial charge < -0.3 is 16.0 Å². The number of amides is 2. The van der Waals surface area contributed by atoms with Crippen LogP contribution in [0, 0.1) is 0 Å². The fourth-order valence-corrected chi connectivity index (χ4v) is 3.06. The Kier molecular flexibility index (Phi) is 4.20. The van der Waals surface area contributed by atoms with Crippen molar-refractivity contribution in [2.24, 2.45) is 0 Å². The van der Waals surface area contributed by atoms with Crippen molar-refractivity contribution in [1.29, 1.82) is 0 Å². The topological polar surface area (TPSA) is 70.2 Å². The number of hydrogen-bond acceptors (Lipinski definition) is 3. The van der Waals surface area contributed by atoms with Gasteiger partial charge in [0.05, 0.1) is 0 Å². The molecule has 0 spiro atoms. The molecule has 5 heteroatoms. The van der Waals surface area contributed by atoms with E-state index >= 15 is 0 Å². The predicted molar refractivity (Wildman–Crippen MR) is 80.0 cm³/mol. The van der Waals surface area contributed by atoms with Crippen molar-refractivity contribution in [3.05, 3.63) is 34.9 Å². The number of rotatable bonds is 2. The molecule has 0 aromatic heterocycles. The number of benzene rings is 1. The van der Waals surface area contributed by atoms with Gasteiger partial charge in [0.1, 0.15) is 6.04 Å². The second kappa shape index (κ2) is 6.26. The molecule has 2 heterocycles. The third kappa shape index (κ3) is 3.08. The van der Waals surface area contributed by atoms with Crippen molar-refractivity contribution in [3.63, 3.8) is 0 Å². The molecule has 1 aromatic rings. The van der Waals surface area contributed by atoms with Gasteiger partial charge in [-0.2, -0.15) is 0 Å². The molecule has 2 amide bonds. The van der Waals surface area contributed by atoms with E-state index in [4.69, 9.17) is 0 Å². The van der Waals surface area contributed by atoms with E-state index in [1.54, 1.807) is 0 Å². The summed E-state index contributed by atoms with van der Waals surface area (Å²) < 4.78 is 0. The lowest BCUT2D eigenvalue weighted by atomic mass is 9.95. The van der Waals surface area contributed by atoms with Crippen molar-refractivity contribution in [1.82, 2.24) is 16.0 Å². The summed E-state index contributed by atoms with van der Waals surface area (Å²) in [7, 11) is 0. The highest BCUT2D eigenvalue weighted by Crippen LogP contribution is 2.19. The van der Waals surface area contributed by atoms with Gasteiger partial charge in [0.15, 0.2) is 0 Å². The minimum atomic E-state index is -0.405. The average molecular weight is 287 g/mol. The minimum Gasteiger partial charge on any atom is -0.354 e. The first-order chi connectivity index (χ1) is 10.3. The molecule has 3 N–H and O–H groups in total. The summed E-state index contributed by atoms with van der Waals surface area (Å²) in [5, 5.41) is 9.06. The maximum absolute atomic E-state index is 12.5. The van der Waals surface area contributed by atoms with Crippen molar-refractivity contribution in [2.75, 3.05) is 13.1 Å². The summed E-state index contributed by atoms with van der Waals surface area (Å²) in [5.74, 6) is -0.192. The van der Waals surface area contributed by atoms with Gasteiger partial charge in [-0.15, -0.1) is 0 Å². The molecule has 1 unspecified atom stereocenters. The SMILES string of the molecule is O=C(NC1CCCCNC1=O)c1cccc2c1CCNC2. The highest BCUT2D eigenvalue weighted by molar-refractivity contribution is 5.99. The summed E-state index contributed by atoms with van der Waals surface area (Å²) in [4.78, 5) is 24.5. The van der Waals surface area contributed by atoms with Crippen molar-refractivity contribution < 1.29 is 9.59 Å². The Hall–Kier alpha value is -1.88. The Morgan fingerprint density at radius 2 is 2.14 bits per heavy atom. The van der Waals surface area contributed by atoms with E-state index in [-0.39, 0.29) is 11.8 Å². The summed E-state index contributed by atoms with van der Waals surface area (Å²) in [5.41, 5.74) is 3.01. The highest BCUT2D eigenvalue weighted by Gasteiger charge is 2.24. The summed E-state index contributed by atoms with van der Waals surface area (Å²) >= 11 is 0. The molecule has 1 aromatic carbocycles. The Morgan fingerprint density at radius 3 is 3.05 bits per heavy atom. The molecular formula is C16H21N3O2. The molecule has 1 atom stereocenters. The molecule has 2 aliphatic heterocycles. The lowest BCUT2D eigenvalue weighted by Crippen LogP contribution is -2.45. The third-order valence-corrected chi connectivity index (χ3v) is 4.23. The van der Waals surface area contributed by atoms with E-state index in [2.05, 4.69) is 22.0 Å². The number of nitrogens with one attached hydrogen (secondary N) is 3. The monoisotopic (exact) mass is 287 g/mol. The van der Waals surface area contributed by atoms with Crippen LogP contribution in [0.4, 0.5) is 0 Å². The van der Waals surface area contributed by atoms with Crippen molar-refractivity contribution >= 4 is 11.8 Å². The zero-order valence-corrected chi connectivity index (χ0v) is 12.1. The first-order valence-electron chi connectivity index (χ1n) is 7.66. The van der Waals surface area contributed by atoms with E-state index in [9.17, 15) is 9.59 Å². The second-order valence-electron chi connectivity index (χ2n) is 5.68. The van der Waals surface area contributed by atoms with Crippen LogP contribution < -0.4 is 16.0 Å². The van der Waals surface area contributed by atoms with E-state index in [0.29, 0.717) is 18.5 Å². The molecule has 1 fully saturated rings. The molecule has 3 rings (SSSR count). The number of fused-ring (bicyclic) bond motifs is 1. The lowest BCUT2D eigenvalue weighted by molar-refractivity contribution is -0.122. The van der Waals surface area contributed by atoms with Gasteiger partial charge in [0.2, 0.25) is 5.91 Å². The van der Waals surface area contributed by atoms with Gasteiger partial charge in [0, 0.05) is 18.7 Å². The summed E-state index contributed by atoms with van der Waals surface area (Å²) in [6, 6.07) is 5.41. The van der Waals surface area contributed by atoms with Crippen LogP contribution in [0.3, 0.4) is 0 Å². The van der Waals surface area contributed by atoms with Crippen LogP contribution in [0.2, 0.25) is 0 Å². The van der Waals surface area contributed by atoms with Crippen LogP contribution in [0.1, 0.15) is 40.7 Å². The maximum atomic E-state index is 12.5. The molecule has 2 aliphatic rings. The number of carbonyl (C=O) groups excluding carboxylic acids is 2. The summed E-state index contributed by atoms with van der Waals surface area (Å²) in [6.45, 7) is 2.40.